The summed E-state index contributed by atoms with van der Waals surface area (Å²) in [5, 5.41) is 0.963. The minimum Gasteiger partial charge on any atom is -0.459 e. The molecule has 1 aliphatic rings. The highest BCUT2D eigenvalue weighted by atomic mass is 32.2. The number of anilines is 1. The Hall–Kier alpha value is -1.49. The van der Waals surface area contributed by atoms with E-state index in [1.54, 1.807) is 17.0 Å². The van der Waals surface area contributed by atoms with Crippen molar-refractivity contribution in [3.05, 3.63) is 30.3 Å². The summed E-state index contributed by atoms with van der Waals surface area (Å²) >= 11 is 1.34. The first-order valence-corrected chi connectivity index (χ1v) is 6.72. The van der Waals surface area contributed by atoms with E-state index in [2.05, 4.69) is 6.92 Å². The molecule has 1 aromatic carbocycles. The van der Waals surface area contributed by atoms with Gasteiger partial charge < -0.3 is 4.42 Å². The van der Waals surface area contributed by atoms with Gasteiger partial charge in [0.25, 0.3) is 5.24 Å². The Bertz CT molecular complexity index is 610. The van der Waals surface area contributed by atoms with Crippen LogP contribution in [-0.4, -0.2) is 17.0 Å². The molecular weight excluding hydrogens is 253 g/mol. The number of amides is 1. The number of carbonyl (C=O) groups is 1. The molecule has 0 unspecified atom stereocenters. The maximum atomic E-state index is 13.5. The second kappa shape index (κ2) is 4.31. The van der Waals surface area contributed by atoms with Crippen LogP contribution >= 0.6 is 11.8 Å². The van der Waals surface area contributed by atoms with E-state index in [1.807, 2.05) is 0 Å². The van der Waals surface area contributed by atoms with Crippen molar-refractivity contribution in [3.63, 3.8) is 0 Å². The average molecular weight is 265 g/mol. The Morgan fingerprint density at radius 2 is 2.39 bits per heavy atom. The summed E-state index contributed by atoms with van der Waals surface area (Å²) in [4.78, 5) is 13.6. The molecule has 3 nitrogen and oxygen atoms in total. The average Bonchev–Trinajstić information content (AvgIpc) is 2.93. The largest absolute Gasteiger partial charge is 0.459 e. The topological polar surface area (TPSA) is 33.5 Å². The van der Waals surface area contributed by atoms with Gasteiger partial charge in [-0.1, -0.05) is 24.8 Å². The molecule has 1 atom stereocenters. The van der Waals surface area contributed by atoms with E-state index < -0.39 is 5.82 Å². The third-order valence-electron chi connectivity index (χ3n) is 3.15. The van der Waals surface area contributed by atoms with Crippen molar-refractivity contribution in [2.24, 2.45) is 0 Å². The summed E-state index contributed by atoms with van der Waals surface area (Å²) in [6.07, 6.45) is 2.40. The number of para-hydroxylation sites is 1. The molecular formula is C13H12FNO2S. The van der Waals surface area contributed by atoms with Crippen molar-refractivity contribution < 1.29 is 13.6 Å². The molecule has 5 heteroatoms. The van der Waals surface area contributed by atoms with Crippen LogP contribution in [0, 0.1) is 5.82 Å². The number of hydrogen-bond donors (Lipinski definition) is 0. The van der Waals surface area contributed by atoms with E-state index in [1.165, 1.54) is 24.1 Å². The van der Waals surface area contributed by atoms with Gasteiger partial charge in [-0.25, -0.2) is 4.39 Å². The van der Waals surface area contributed by atoms with Crippen LogP contribution in [0.1, 0.15) is 13.3 Å². The SMILES string of the molecule is CC[C@@H]1CN(c2coc3c(F)cccc23)C(=O)S1. The van der Waals surface area contributed by atoms with Gasteiger partial charge in [0, 0.05) is 17.2 Å². The van der Waals surface area contributed by atoms with Crippen LogP contribution in [0.2, 0.25) is 0 Å². The second-order valence-electron chi connectivity index (χ2n) is 4.26. The van der Waals surface area contributed by atoms with Crippen LogP contribution < -0.4 is 4.90 Å². The van der Waals surface area contributed by atoms with Crippen LogP contribution in [0.4, 0.5) is 14.9 Å². The molecule has 0 aliphatic carbocycles. The van der Waals surface area contributed by atoms with Gasteiger partial charge in [-0.3, -0.25) is 9.69 Å². The number of carbonyl (C=O) groups excluding carboxylic acids is 1. The first-order valence-electron chi connectivity index (χ1n) is 5.84. The summed E-state index contributed by atoms with van der Waals surface area (Å²) in [5.41, 5.74) is 0.878. The number of nitrogens with zero attached hydrogens (tertiary/aromatic N) is 1. The molecule has 0 radical (unpaired) electrons. The van der Waals surface area contributed by atoms with Gasteiger partial charge >= 0.3 is 0 Å². The fraction of sp³-hybridized carbons (Fsp3) is 0.308. The van der Waals surface area contributed by atoms with E-state index in [4.69, 9.17) is 4.42 Å². The van der Waals surface area contributed by atoms with E-state index in [0.29, 0.717) is 22.9 Å². The van der Waals surface area contributed by atoms with Gasteiger partial charge in [-0.2, -0.15) is 0 Å². The highest BCUT2D eigenvalue weighted by molar-refractivity contribution is 8.14. The maximum absolute atomic E-state index is 13.5. The van der Waals surface area contributed by atoms with Crippen LogP contribution in [0.15, 0.2) is 28.9 Å². The molecule has 0 N–H and O–H groups in total. The molecule has 3 rings (SSSR count). The summed E-state index contributed by atoms with van der Waals surface area (Å²) in [6, 6.07) is 4.75. The van der Waals surface area contributed by atoms with Gasteiger partial charge in [0.1, 0.15) is 6.26 Å². The summed E-state index contributed by atoms with van der Waals surface area (Å²) in [7, 11) is 0. The zero-order valence-electron chi connectivity index (χ0n) is 9.85. The van der Waals surface area contributed by atoms with E-state index in [-0.39, 0.29) is 10.8 Å². The molecule has 0 bridgehead atoms. The van der Waals surface area contributed by atoms with Crippen LogP contribution in [0.25, 0.3) is 11.0 Å². The van der Waals surface area contributed by atoms with E-state index >= 15 is 0 Å². The molecule has 1 aromatic heterocycles. The first-order chi connectivity index (χ1) is 8.70. The molecule has 94 valence electrons. The van der Waals surface area contributed by atoms with Crippen molar-refractivity contribution in [1.29, 1.82) is 0 Å². The molecule has 18 heavy (non-hydrogen) atoms. The maximum Gasteiger partial charge on any atom is 0.286 e. The lowest BCUT2D eigenvalue weighted by Crippen LogP contribution is -2.23. The quantitative estimate of drug-likeness (QED) is 0.822. The van der Waals surface area contributed by atoms with E-state index in [9.17, 15) is 9.18 Å². The summed E-state index contributed by atoms with van der Waals surface area (Å²) < 4.78 is 18.8. The monoisotopic (exact) mass is 265 g/mol. The molecule has 2 heterocycles. The minimum absolute atomic E-state index is 0.00816. The van der Waals surface area contributed by atoms with Crippen molar-refractivity contribution in [1.82, 2.24) is 0 Å². The lowest BCUT2D eigenvalue weighted by molar-refractivity contribution is 0.266. The molecule has 1 saturated heterocycles. The highest BCUT2D eigenvalue weighted by Gasteiger charge is 2.32. The third-order valence-corrected chi connectivity index (χ3v) is 4.39. The lowest BCUT2D eigenvalue weighted by Gasteiger charge is -2.13. The normalized spacial score (nSPS) is 20.0. The zero-order chi connectivity index (χ0) is 12.7. The molecule has 1 amide bonds. The molecule has 0 saturated carbocycles. The van der Waals surface area contributed by atoms with Crippen molar-refractivity contribution >= 4 is 33.7 Å². The van der Waals surface area contributed by atoms with Crippen LogP contribution in [-0.2, 0) is 0 Å². The number of rotatable bonds is 2. The highest BCUT2D eigenvalue weighted by Crippen LogP contribution is 2.37. The number of thioether (sulfide) groups is 1. The standard InChI is InChI=1S/C13H12FNO2S/c1-2-8-6-15(13(16)18-8)11-7-17-12-9(11)4-3-5-10(12)14/h3-5,7-8H,2,6H2,1H3/t8-/m1/s1. The van der Waals surface area contributed by atoms with Crippen molar-refractivity contribution in [3.8, 4) is 0 Å². The predicted molar refractivity (Wildman–Crippen MR) is 70.6 cm³/mol. The van der Waals surface area contributed by atoms with Gasteiger partial charge in [0.15, 0.2) is 11.4 Å². The Morgan fingerprint density at radius 3 is 3.11 bits per heavy atom. The molecule has 0 spiro atoms. The second-order valence-corrected chi connectivity index (χ2v) is 5.51. The van der Waals surface area contributed by atoms with Gasteiger partial charge in [0.05, 0.1) is 5.69 Å². The zero-order valence-corrected chi connectivity index (χ0v) is 10.7. The van der Waals surface area contributed by atoms with Crippen LogP contribution in [0.5, 0.6) is 0 Å². The minimum atomic E-state index is -0.398. The molecule has 1 aliphatic heterocycles. The van der Waals surface area contributed by atoms with Gasteiger partial charge in [0.2, 0.25) is 0 Å². The number of hydrogen-bond acceptors (Lipinski definition) is 3. The Morgan fingerprint density at radius 1 is 1.56 bits per heavy atom. The smallest absolute Gasteiger partial charge is 0.286 e. The third kappa shape index (κ3) is 1.70. The van der Waals surface area contributed by atoms with Gasteiger partial charge in [-0.15, -0.1) is 0 Å². The molecule has 2 aromatic rings. The number of halogens is 1. The fourth-order valence-corrected chi connectivity index (χ4v) is 3.12. The Labute approximate surface area is 108 Å². The van der Waals surface area contributed by atoms with Gasteiger partial charge in [-0.05, 0) is 18.6 Å². The number of fused-ring (bicyclic) bond motifs is 1. The lowest BCUT2D eigenvalue weighted by atomic mass is 10.2. The summed E-state index contributed by atoms with van der Waals surface area (Å²) in [6.45, 7) is 2.72. The first kappa shape index (κ1) is 11.6. The molecule has 1 fully saturated rings. The number of furan rings is 1. The van der Waals surface area contributed by atoms with Crippen molar-refractivity contribution in [2.45, 2.75) is 18.6 Å². The Balaban J connectivity index is 2.05. The number of benzene rings is 1. The van der Waals surface area contributed by atoms with E-state index in [0.717, 1.165) is 6.42 Å². The Kier molecular flexibility index (Phi) is 2.78. The van der Waals surface area contributed by atoms with Crippen LogP contribution in [0.3, 0.4) is 0 Å². The summed E-state index contributed by atoms with van der Waals surface area (Å²) in [5.74, 6) is -0.398. The predicted octanol–water partition coefficient (Wildman–Crippen LogP) is 4.02. The van der Waals surface area contributed by atoms with Crippen molar-refractivity contribution in [2.75, 3.05) is 11.4 Å². The fourth-order valence-electron chi connectivity index (χ4n) is 2.15.